The maximum Gasteiger partial charge on any atom is 0.227 e. The third-order valence-electron chi connectivity index (χ3n) is 11.3. The Morgan fingerprint density at radius 2 is 1.05 bits per heavy atom. The van der Waals surface area contributed by atoms with Crippen LogP contribution in [0.5, 0.6) is 0 Å². The molecule has 58 heavy (non-hydrogen) atoms. The summed E-state index contributed by atoms with van der Waals surface area (Å²) >= 11 is 1.84. The quantitative estimate of drug-likeness (QED) is 0.169. The Bertz CT molecular complexity index is 3500. The number of hydrogen-bond donors (Lipinski definition) is 0. The molecule has 0 aliphatic carbocycles. The summed E-state index contributed by atoms with van der Waals surface area (Å²) in [4.78, 5) is 7.15. The molecule has 0 aliphatic heterocycles. The van der Waals surface area contributed by atoms with E-state index in [-0.39, 0.29) is 0 Å². The first-order valence-electron chi connectivity index (χ1n) is 19.4. The van der Waals surface area contributed by atoms with Crippen molar-refractivity contribution < 1.29 is 8.83 Å². The van der Waals surface area contributed by atoms with Gasteiger partial charge in [-0.1, -0.05) is 121 Å². The zero-order valence-corrected chi connectivity index (χ0v) is 31.9. The average Bonchev–Trinajstić information content (AvgIpc) is 3.99. The molecule has 3 aromatic heterocycles. The highest BCUT2D eigenvalue weighted by atomic mass is 32.1. The van der Waals surface area contributed by atoms with E-state index in [1.807, 2.05) is 53.8 Å². The van der Waals surface area contributed by atoms with E-state index in [2.05, 4.69) is 157 Å². The second-order valence-electron chi connectivity index (χ2n) is 14.7. The molecule has 0 saturated carbocycles. The van der Waals surface area contributed by atoms with Gasteiger partial charge in [-0.05, 0) is 99.8 Å². The van der Waals surface area contributed by atoms with Gasteiger partial charge in [-0.25, -0.2) is 4.98 Å². The number of benzene rings is 9. The van der Waals surface area contributed by atoms with Gasteiger partial charge < -0.3 is 13.7 Å². The highest BCUT2D eigenvalue weighted by molar-refractivity contribution is 7.25. The van der Waals surface area contributed by atoms with E-state index in [4.69, 9.17) is 13.8 Å². The summed E-state index contributed by atoms with van der Waals surface area (Å²) < 4.78 is 15.3. The van der Waals surface area contributed by atoms with E-state index >= 15 is 0 Å². The minimum absolute atomic E-state index is 0.600. The number of nitrogens with zero attached hydrogens (tertiary/aromatic N) is 2. The lowest BCUT2D eigenvalue weighted by Crippen LogP contribution is -2.09. The number of anilines is 3. The van der Waals surface area contributed by atoms with Crippen molar-refractivity contribution in [3.63, 3.8) is 0 Å². The summed E-state index contributed by atoms with van der Waals surface area (Å²) in [6.07, 6.45) is 0. The van der Waals surface area contributed by atoms with E-state index in [0.717, 1.165) is 66.8 Å². The van der Waals surface area contributed by atoms with Crippen LogP contribution in [0, 0.1) is 0 Å². The number of oxazole rings is 1. The van der Waals surface area contributed by atoms with Gasteiger partial charge in [0.15, 0.2) is 5.58 Å². The predicted octanol–water partition coefficient (Wildman–Crippen LogP) is 15.7. The monoisotopic (exact) mass is 760 g/mol. The van der Waals surface area contributed by atoms with Gasteiger partial charge in [0.1, 0.15) is 16.7 Å². The first-order valence-corrected chi connectivity index (χ1v) is 20.2. The van der Waals surface area contributed by atoms with Gasteiger partial charge in [0, 0.05) is 59.6 Å². The SMILES string of the molecule is c1ccc(-c2nc3cc4oc5cccc(-c6ccc(N(c7ccc(-c8cccc9ccccc89)cc7)c7ccc8c(c7)sc7ccccc78)cc6)c5c4cc3o2)cc1. The van der Waals surface area contributed by atoms with Gasteiger partial charge in [-0.2, -0.15) is 0 Å². The minimum Gasteiger partial charge on any atom is -0.456 e. The fraction of sp³-hybridized carbons (Fsp3) is 0. The molecular formula is C53H32N2O2S. The molecule has 3 heterocycles. The van der Waals surface area contributed by atoms with Crippen LogP contribution in [0.3, 0.4) is 0 Å². The lowest BCUT2D eigenvalue weighted by atomic mass is 9.97. The van der Waals surface area contributed by atoms with Crippen LogP contribution >= 0.6 is 11.3 Å². The molecule has 0 spiro atoms. The predicted molar refractivity (Wildman–Crippen MR) is 243 cm³/mol. The van der Waals surface area contributed by atoms with Crippen LogP contribution < -0.4 is 4.90 Å². The van der Waals surface area contributed by atoms with Crippen LogP contribution in [-0.2, 0) is 0 Å². The van der Waals surface area contributed by atoms with E-state index in [9.17, 15) is 0 Å². The summed E-state index contributed by atoms with van der Waals surface area (Å²) in [5.74, 6) is 0.600. The van der Waals surface area contributed by atoms with Crippen molar-refractivity contribution in [3.05, 3.63) is 194 Å². The molecule has 0 N–H and O–H groups in total. The zero-order chi connectivity index (χ0) is 38.2. The molecule has 0 bridgehead atoms. The fourth-order valence-electron chi connectivity index (χ4n) is 8.55. The highest BCUT2D eigenvalue weighted by Gasteiger charge is 2.19. The van der Waals surface area contributed by atoms with Crippen LogP contribution in [0.25, 0.3) is 97.7 Å². The molecule has 0 amide bonds. The number of hydrogen-bond acceptors (Lipinski definition) is 5. The van der Waals surface area contributed by atoms with Crippen LogP contribution in [0.15, 0.2) is 203 Å². The Morgan fingerprint density at radius 3 is 1.88 bits per heavy atom. The first kappa shape index (κ1) is 32.7. The summed E-state index contributed by atoms with van der Waals surface area (Å²) in [7, 11) is 0. The molecule has 12 aromatic rings. The lowest BCUT2D eigenvalue weighted by molar-refractivity contribution is 0.620. The van der Waals surface area contributed by atoms with Crippen molar-refractivity contribution in [2.24, 2.45) is 0 Å². The molecule has 9 aromatic carbocycles. The molecule has 0 radical (unpaired) electrons. The van der Waals surface area contributed by atoms with Gasteiger partial charge in [0.05, 0.1) is 0 Å². The van der Waals surface area contributed by atoms with E-state index in [1.165, 1.54) is 42.1 Å². The second-order valence-corrected chi connectivity index (χ2v) is 15.8. The number of furan rings is 1. The Hall–Kier alpha value is -7.47. The number of aromatic nitrogens is 1. The van der Waals surface area contributed by atoms with Gasteiger partial charge in [-0.3, -0.25) is 0 Å². The molecule has 5 heteroatoms. The Morgan fingerprint density at radius 1 is 0.397 bits per heavy atom. The zero-order valence-electron chi connectivity index (χ0n) is 31.1. The Balaban J connectivity index is 0.966. The summed E-state index contributed by atoms with van der Waals surface area (Å²) in [5, 5.41) is 7.13. The van der Waals surface area contributed by atoms with Gasteiger partial charge in [-0.15, -0.1) is 11.3 Å². The van der Waals surface area contributed by atoms with Crippen LogP contribution in [-0.4, -0.2) is 4.98 Å². The number of fused-ring (bicyclic) bond motifs is 8. The summed E-state index contributed by atoms with van der Waals surface area (Å²) in [5.41, 5.74) is 12.0. The van der Waals surface area contributed by atoms with Crippen LogP contribution in [0.4, 0.5) is 17.1 Å². The Kier molecular flexibility index (Phi) is 7.37. The molecule has 0 atom stereocenters. The van der Waals surface area contributed by atoms with Crippen molar-refractivity contribution in [2.45, 2.75) is 0 Å². The largest absolute Gasteiger partial charge is 0.456 e. The second kappa shape index (κ2) is 13.1. The summed E-state index contributed by atoms with van der Waals surface area (Å²) in [6.45, 7) is 0. The molecule has 4 nitrogen and oxygen atoms in total. The fourth-order valence-corrected chi connectivity index (χ4v) is 9.69. The molecule has 272 valence electrons. The standard InChI is InChI=1S/C53H32N2O2S/c1-2-11-36(12-3-1)53-54-46-32-48-45(31-49(46)57-53)52-42(17-9-18-47(52)56-48)35-22-26-38(27-23-35)55(39-28-29-44-43-15-6-7-19-50(43)58-51(44)30-39)37-24-20-34(21-25-37)41-16-8-13-33-10-4-5-14-40(33)41/h1-32H. The van der Waals surface area contributed by atoms with E-state index in [1.54, 1.807) is 0 Å². The van der Waals surface area contributed by atoms with Crippen molar-refractivity contribution in [2.75, 3.05) is 4.90 Å². The maximum absolute atomic E-state index is 6.45. The van der Waals surface area contributed by atoms with Crippen LogP contribution in [0.1, 0.15) is 0 Å². The van der Waals surface area contributed by atoms with Crippen molar-refractivity contribution in [1.82, 2.24) is 4.98 Å². The minimum atomic E-state index is 0.600. The Labute approximate surface area is 337 Å². The van der Waals surface area contributed by atoms with Gasteiger partial charge >= 0.3 is 0 Å². The topological polar surface area (TPSA) is 42.4 Å². The van der Waals surface area contributed by atoms with Crippen molar-refractivity contribution >= 4 is 92.4 Å². The number of rotatable bonds is 6. The molecular weight excluding hydrogens is 729 g/mol. The number of thiophene rings is 1. The molecule has 12 rings (SSSR count). The van der Waals surface area contributed by atoms with Crippen molar-refractivity contribution in [1.29, 1.82) is 0 Å². The van der Waals surface area contributed by atoms with Crippen molar-refractivity contribution in [3.8, 4) is 33.7 Å². The maximum atomic E-state index is 6.45. The third-order valence-corrected chi connectivity index (χ3v) is 12.4. The molecule has 0 fully saturated rings. The third kappa shape index (κ3) is 5.32. The highest BCUT2D eigenvalue weighted by Crippen LogP contribution is 2.43. The normalized spacial score (nSPS) is 11.8. The smallest absolute Gasteiger partial charge is 0.227 e. The van der Waals surface area contributed by atoms with Gasteiger partial charge in [0.25, 0.3) is 0 Å². The van der Waals surface area contributed by atoms with Crippen LogP contribution in [0.2, 0.25) is 0 Å². The summed E-state index contributed by atoms with van der Waals surface area (Å²) in [6, 6.07) is 68.8. The lowest BCUT2D eigenvalue weighted by Gasteiger charge is -2.26. The van der Waals surface area contributed by atoms with Gasteiger partial charge in [0.2, 0.25) is 5.89 Å². The average molecular weight is 761 g/mol. The molecule has 0 unspecified atom stereocenters. The van der Waals surface area contributed by atoms with E-state index < -0.39 is 0 Å². The molecule has 0 saturated heterocycles. The molecule has 0 aliphatic rings. The van der Waals surface area contributed by atoms with E-state index in [0.29, 0.717) is 5.89 Å². The first-order chi connectivity index (χ1) is 28.7.